The molecule has 0 spiro atoms. The average Bonchev–Trinajstić information content (AvgIpc) is 3.29. The first-order valence-electron chi connectivity index (χ1n) is 9.24. The van der Waals surface area contributed by atoms with Crippen molar-refractivity contribution in [2.24, 2.45) is 17.8 Å². The van der Waals surface area contributed by atoms with E-state index in [9.17, 15) is 4.79 Å². The highest BCUT2D eigenvalue weighted by Gasteiger charge is 2.43. The van der Waals surface area contributed by atoms with Crippen LogP contribution in [-0.2, 0) is 11.3 Å². The molecule has 1 saturated heterocycles. The number of methoxy groups -OCH3 is 1. The van der Waals surface area contributed by atoms with Gasteiger partial charge in [-0.15, -0.1) is 24.8 Å². The molecule has 1 aromatic rings. The van der Waals surface area contributed by atoms with E-state index in [1.54, 1.807) is 13.3 Å². The van der Waals surface area contributed by atoms with E-state index in [-0.39, 0.29) is 30.7 Å². The number of carbonyl (C=O) groups excluding carboxylic acids is 1. The van der Waals surface area contributed by atoms with Crippen LogP contribution in [0.1, 0.15) is 37.8 Å². The molecule has 1 N–H and O–H groups in total. The van der Waals surface area contributed by atoms with Crippen LogP contribution in [0.3, 0.4) is 0 Å². The van der Waals surface area contributed by atoms with E-state index in [1.807, 2.05) is 12.1 Å². The Labute approximate surface area is 168 Å². The molecule has 1 aliphatic heterocycles. The van der Waals surface area contributed by atoms with Crippen molar-refractivity contribution < 1.29 is 9.53 Å². The molecule has 2 aliphatic carbocycles. The van der Waals surface area contributed by atoms with Crippen molar-refractivity contribution in [1.29, 1.82) is 0 Å². The number of hydrogen-bond acceptors (Lipinski definition) is 4. The molecule has 26 heavy (non-hydrogen) atoms. The third-order valence-corrected chi connectivity index (χ3v) is 5.88. The number of nitrogens with zero attached hydrogens (tertiary/aromatic N) is 2. The maximum atomic E-state index is 12.4. The lowest BCUT2D eigenvalue weighted by Crippen LogP contribution is -2.45. The zero-order chi connectivity index (χ0) is 16.5. The van der Waals surface area contributed by atoms with Gasteiger partial charge >= 0.3 is 0 Å². The highest BCUT2D eigenvalue weighted by Crippen LogP contribution is 2.42. The number of hydrogen-bond donors (Lipinski definition) is 1. The van der Waals surface area contributed by atoms with Gasteiger partial charge in [-0.1, -0.05) is 6.42 Å². The lowest BCUT2D eigenvalue weighted by Gasteiger charge is -2.28. The lowest BCUT2D eigenvalue weighted by atomic mass is 9.84. The van der Waals surface area contributed by atoms with Gasteiger partial charge in [-0.2, -0.15) is 0 Å². The number of pyridine rings is 1. The maximum Gasteiger partial charge on any atom is 0.223 e. The van der Waals surface area contributed by atoms with E-state index in [0.717, 1.165) is 49.8 Å². The molecule has 1 amide bonds. The molecule has 3 fully saturated rings. The molecule has 0 aromatic carbocycles. The number of amides is 1. The largest absolute Gasteiger partial charge is 0.497 e. The smallest absolute Gasteiger partial charge is 0.223 e. The van der Waals surface area contributed by atoms with Crippen molar-refractivity contribution in [3.63, 3.8) is 0 Å². The van der Waals surface area contributed by atoms with E-state index in [2.05, 4.69) is 15.2 Å². The van der Waals surface area contributed by atoms with Crippen LogP contribution >= 0.6 is 24.8 Å². The van der Waals surface area contributed by atoms with Crippen LogP contribution in [0.5, 0.6) is 5.75 Å². The summed E-state index contributed by atoms with van der Waals surface area (Å²) < 4.78 is 5.29. The number of likely N-dealkylation sites (tertiary alicyclic amines) is 1. The molecule has 146 valence electrons. The summed E-state index contributed by atoms with van der Waals surface area (Å²) >= 11 is 0. The van der Waals surface area contributed by atoms with Gasteiger partial charge in [0.2, 0.25) is 5.91 Å². The van der Waals surface area contributed by atoms with Crippen LogP contribution in [-0.4, -0.2) is 42.0 Å². The minimum atomic E-state index is 0. The Bertz CT molecular complexity index is 608. The normalized spacial score (nSPS) is 25.6. The molecule has 4 rings (SSSR count). The molecule has 2 saturated carbocycles. The van der Waals surface area contributed by atoms with E-state index >= 15 is 0 Å². The Morgan fingerprint density at radius 1 is 1.27 bits per heavy atom. The monoisotopic (exact) mass is 401 g/mol. The number of nitrogens with one attached hydrogen (secondary N) is 1. The van der Waals surface area contributed by atoms with E-state index < -0.39 is 0 Å². The molecule has 5 nitrogen and oxygen atoms in total. The number of aromatic nitrogens is 1. The second-order valence-electron chi connectivity index (χ2n) is 7.63. The molecular formula is C19H29Cl2N3O2. The van der Waals surface area contributed by atoms with Crippen molar-refractivity contribution in [2.45, 2.75) is 44.7 Å². The van der Waals surface area contributed by atoms with Gasteiger partial charge in [-0.25, -0.2) is 0 Å². The molecule has 1 aromatic heterocycles. The Hall–Kier alpha value is -1.04. The Morgan fingerprint density at radius 3 is 2.65 bits per heavy atom. The van der Waals surface area contributed by atoms with Crippen LogP contribution in [0.2, 0.25) is 0 Å². The van der Waals surface area contributed by atoms with Crippen LogP contribution < -0.4 is 10.1 Å². The van der Waals surface area contributed by atoms with Crippen molar-refractivity contribution in [2.75, 3.05) is 20.2 Å². The maximum absolute atomic E-state index is 12.4. The Morgan fingerprint density at radius 2 is 2.04 bits per heavy atom. The quantitative estimate of drug-likeness (QED) is 0.795. The van der Waals surface area contributed by atoms with Crippen LogP contribution in [0.25, 0.3) is 0 Å². The predicted molar refractivity (Wildman–Crippen MR) is 106 cm³/mol. The zero-order valence-corrected chi connectivity index (χ0v) is 16.9. The van der Waals surface area contributed by atoms with Crippen molar-refractivity contribution >= 4 is 30.7 Å². The summed E-state index contributed by atoms with van der Waals surface area (Å²) in [7, 11) is 1.68. The molecule has 2 atom stereocenters. The second kappa shape index (κ2) is 9.25. The number of carbonyl (C=O) groups is 1. The number of ether oxygens (including phenoxy) is 1. The average molecular weight is 402 g/mol. The summed E-state index contributed by atoms with van der Waals surface area (Å²) in [5.41, 5.74) is 1.04. The van der Waals surface area contributed by atoms with E-state index in [0.29, 0.717) is 17.9 Å². The van der Waals surface area contributed by atoms with Gasteiger partial charge < -0.3 is 10.1 Å². The van der Waals surface area contributed by atoms with Gasteiger partial charge in [-0.05, 0) is 43.6 Å². The first-order chi connectivity index (χ1) is 11.7. The minimum absolute atomic E-state index is 0. The van der Waals surface area contributed by atoms with E-state index in [4.69, 9.17) is 4.74 Å². The van der Waals surface area contributed by atoms with Gasteiger partial charge in [0.15, 0.2) is 0 Å². The molecule has 2 heterocycles. The summed E-state index contributed by atoms with van der Waals surface area (Å²) in [6.45, 7) is 2.84. The minimum Gasteiger partial charge on any atom is -0.497 e. The highest BCUT2D eigenvalue weighted by atomic mass is 35.5. The van der Waals surface area contributed by atoms with E-state index in [1.165, 1.54) is 19.3 Å². The molecule has 0 unspecified atom stereocenters. The van der Waals surface area contributed by atoms with Gasteiger partial charge in [0.05, 0.1) is 12.8 Å². The molecule has 0 bridgehead atoms. The van der Waals surface area contributed by atoms with Gasteiger partial charge in [0, 0.05) is 43.9 Å². The van der Waals surface area contributed by atoms with Crippen LogP contribution in [0.15, 0.2) is 18.3 Å². The fourth-order valence-electron chi connectivity index (χ4n) is 4.07. The van der Waals surface area contributed by atoms with Gasteiger partial charge in [0.1, 0.15) is 5.75 Å². The first-order valence-corrected chi connectivity index (χ1v) is 9.24. The molecule has 7 heteroatoms. The number of halogens is 2. The summed E-state index contributed by atoms with van der Waals surface area (Å²) in [5.74, 6) is 2.84. The van der Waals surface area contributed by atoms with Crippen LogP contribution in [0.4, 0.5) is 0 Å². The summed E-state index contributed by atoms with van der Waals surface area (Å²) in [6, 6.07) is 4.20. The van der Waals surface area contributed by atoms with Crippen molar-refractivity contribution in [3.05, 3.63) is 24.0 Å². The first kappa shape index (κ1) is 21.3. The fourth-order valence-corrected chi connectivity index (χ4v) is 4.07. The topological polar surface area (TPSA) is 54.5 Å². The third-order valence-electron chi connectivity index (χ3n) is 5.88. The summed E-state index contributed by atoms with van der Waals surface area (Å²) in [5, 5.41) is 3.36. The standard InChI is InChI=1S/C19H27N3O2.2ClH/c1-24-16-7-8-20-15(9-16)10-22-11-17(13-5-6-13)18(12-22)21-19(23)14-3-2-4-14;;/h7-9,13-14,17-18H,2-6,10-12H2,1H3,(H,21,23);2*1H/t17-,18+;;/m1../s1. The molecular weight excluding hydrogens is 373 g/mol. The van der Waals surface area contributed by atoms with Gasteiger partial charge in [-0.3, -0.25) is 14.7 Å². The molecule has 3 aliphatic rings. The fraction of sp³-hybridized carbons (Fsp3) is 0.684. The van der Waals surface area contributed by atoms with Gasteiger partial charge in [0.25, 0.3) is 0 Å². The zero-order valence-electron chi connectivity index (χ0n) is 15.2. The van der Waals surface area contributed by atoms with Crippen LogP contribution in [0, 0.1) is 17.8 Å². The SMILES string of the molecule is COc1ccnc(CN2C[C@H](NC(=O)C3CCC3)[C@@H](C3CC3)C2)c1.Cl.Cl. The third kappa shape index (κ3) is 4.81. The summed E-state index contributed by atoms with van der Waals surface area (Å²) in [6.07, 6.45) is 7.81. The predicted octanol–water partition coefficient (Wildman–Crippen LogP) is 3.06. The van der Waals surface area contributed by atoms with Crippen molar-refractivity contribution in [1.82, 2.24) is 15.2 Å². The van der Waals surface area contributed by atoms with Crippen molar-refractivity contribution in [3.8, 4) is 5.75 Å². The Balaban J connectivity index is 0.00000121. The summed E-state index contributed by atoms with van der Waals surface area (Å²) in [4.78, 5) is 19.3. The molecule has 0 radical (unpaired) electrons. The lowest BCUT2D eigenvalue weighted by molar-refractivity contribution is -0.128. The highest BCUT2D eigenvalue weighted by molar-refractivity contribution is 5.85. The Kier molecular flexibility index (Phi) is 7.56. The number of rotatable bonds is 6. The second-order valence-corrected chi connectivity index (χ2v) is 7.63.